The van der Waals surface area contributed by atoms with Crippen molar-refractivity contribution in [3.05, 3.63) is 0 Å². The van der Waals surface area contributed by atoms with Crippen LogP contribution in [0.15, 0.2) is 0 Å². The van der Waals surface area contributed by atoms with Gasteiger partial charge in [-0.15, -0.1) is 0 Å². The molecule has 0 spiro atoms. The summed E-state index contributed by atoms with van der Waals surface area (Å²) < 4.78 is 4.61. The molecule has 0 aliphatic carbocycles. The number of carbonyl (C=O) groups is 3. The Morgan fingerprint density at radius 2 is 1.75 bits per heavy atom. The van der Waals surface area contributed by atoms with Crippen molar-refractivity contribution in [1.29, 1.82) is 0 Å². The standard InChI is InChI=1S/C12H23N3O5/c1-4-5-15(7-6-14(2)3)12(19)13-10(16)8-20-9-11(17)18/h4-9H2,1-3H3,(H,17,18)(H,13,16,19). The van der Waals surface area contributed by atoms with Crippen molar-refractivity contribution in [1.82, 2.24) is 15.1 Å². The van der Waals surface area contributed by atoms with Gasteiger partial charge in [0.2, 0.25) is 0 Å². The highest BCUT2D eigenvalue weighted by Gasteiger charge is 2.15. The summed E-state index contributed by atoms with van der Waals surface area (Å²) in [5, 5.41) is 10.5. The van der Waals surface area contributed by atoms with Gasteiger partial charge in [-0.2, -0.15) is 0 Å². The highest BCUT2D eigenvalue weighted by atomic mass is 16.5. The van der Waals surface area contributed by atoms with Crippen molar-refractivity contribution < 1.29 is 24.2 Å². The van der Waals surface area contributed by atoms with Gasteiger partial charge in [-0.05, 0) is 20.5 Å². The summed E-state index contributed by atoms with van der Waals surface area (Å²) in [7, 11) is 3.79. The van der Waals surface area contributed by atoms with E-state index in [0.717, 1.165) is 6.42 Å². The second-order valence-corrected chi connectivity index (χ2v) is 4.53. The maximum absolute atomic E-state index is 11.9. The van der Waals surface area contributed by atoms with Crippen LogP contribution in [-0.2, 0) is 14.3 Å². The van der Waals surface area contributed by atoms with E-state index >= 15 is 0 Å². The smallest absolute Gasteiger partial charge is 0.329 e. The van der Waals surface area contributed by atoms with E-state index < -0.39 is 31.1 Å². The second kappa shape index (κ2) is 10.2. The first-order chi connectivity index (χ1) is 9.36. The molecule has 0 bridgehead atoms. The average Bonchev–Trinajstić information content (AvgIpc) is 2.33. The summed E-state index contributed by atoms with van der Waals surface area (Å²) in [5.74, 6) is -1.81. The van der Waals surface area contributed by atoms with Crippen LogP contribution in [0.4, 0.5) is 4.79 Å². The molecule has 0 rings (SSSR count). The fourth-order valence-corrected chi connectivity index (χ4v) is 1.37. The Morgan fingerprint density at radius 3 is 2.25 bits per heavy atom. The molecule has 0 fully saturated rings. The maximum atomic E-state index is 11.9. The van der Waals surface area contributed by atoms with Gasteiger partial charge < -0.3 is 19.6 Å². The van der Waals surface area contributed by atoms with Crippen LogP contribution in [-0.4, -0.2) is 79.8 Å². The number of imide groups is 1. The Hall–Kier alpha value is -1.67. The van der Waals surface area contributed by atoms with Gasteiger partial charge in [-0.1, -0.05) is 6.92 Å². The molecule has 0 aliphatic rings. The lowest BCUT2D eigenvalue weighted by molar-refractivity contribution is -0.143. The molecule has 0 heterocycles. The number of aliphatic carboxylic acids is 1. The number of carboxylic acid groups (broad SMARTS) is 1. The summed E-state index contributed by atoms with van der Waals surface area (Å²) >= 11 is 0. The largest absolute Gasteiger partial charge is 0.480 e. The summed E-state index contributed by atoms with van der Waals surface area (Å²) in [6.07, 6.45) is 0.782. The topological polar surface area (TPSA) is 99.2 Å². The van der Waals surface area contributed by atoms with Gasteiger partial charge in [0.1, 0.15) is 13.2 Å². The molecular formula is C12H23N3O5. The summed E-state index contributed by atoms with van der Waals surface area (Å²) in [6, 6.07) is -0.488. The minimum atomic E-state index is -1.16. The lowest BCUT2D eigenvalue weighted by Crippen LogP contribution is -2.46. The highest BCUT2D eigenvalue weighted by molar-refractivity contribution is 5.95. The molecule has 0 saturated heterocycles. The SMILES string of the molecule is CCCN(CCN(C)C)C(=O)NC(=O)COCC(=O)O. The van der Waals surface area contributed by atoms with Gasteiger partial charge in [0.15, 0.2) is 0 Å². The van der Waals surface area contributed by atoms with Crippen LogP contribution in [0, 0.1) is 0 Å². The minimum Gasteiger partial charge on any atom is -0.480 e. The average molecular weight is 289 g/mol. The van der Waals surface area contributed by atoms with E-state index in [2.05, 4.69) is 10.1 Å². The first-order valence-corrected chi connectivity index (χ1v) is 6.39. The first-order valence-electron chi connectivity index (χ1n) is 6.39. The Morgan fingerprint density at radius 1 is 1.10 bits per heavy atom. The van der Waals surface area contributed by atoms with Crippen molar-refractivity contribution in [2.45, 2.75) is 13.3 Å². The van der Waals surface area contributed by atoms with Crippen LogP contribution >= 0.6 is 0 Å². The monoisotopic (exact) mass is 289 g/mol. The molecule has 8 heteroatoms. The predicted molar refractivity (Wildman–Crippen MR) is 72.4 cm³/mol. The number of ether oxygens (including phenoxy) is 1. The van der Waals surface area contributed by atoms with Crippen molar-refractivity contribution in [3.63, 3.8) is 0 Å². The van der Waals surface area contributed by atoms with Crippen LogP contribution in [0.3, 0.4) is 0 Å². The number of carbonyl (C=O) groups excluding carboxylic acids is 2. The molecule has 0 aromatic rings. The number of likely N-dealkylation sites (N-methyl/N-ethyl adjacent to an activating group) is 1. The molecule has 0 unspecified atom stereocenters. The Kier molecular flexibility index (Phi) is 9.31. The van der Waals surface area contributed by atoms with E-state index in [4.69, 9.17) is 5.11 Å². The number of nitrogens with one attached hydrogen (secondary N) is 1. The van der Waals surface area contributed by atoms with Crippen LogP contribution < -0.4 is 5.32 Å². The summed E-state index contributed by atoms with van der Waals surface area (Å²) in [4.78, 5) is 36.9. The number of carboxylic acids is 1. The molecule has 0 aromatic heterocycles. The molecule has 0 saturated carbocycles. The second-order valence-electron chi connectivity index (χ2n) is 4.53. The third-order valence-corrected chi connectivity index (χ3v) is 2.30. The molecular weight excluding hydrogens is 266 g/mol. The molecule has 20 heavy (non-hydrogen) atoms. The minimum absolute atomic E-state index is 0.453. The van der Waals surface area contributed by atoms with Crippen molar-refractivity contribution >= 4 is 17.9 Å². The summed E-state index contributed by atoms with van der Waals surface area (Å²) in [5.41, 5.74) is 0. The van der Waals surface area contributed by atoms with E-state index in [1.165, 1.54) is 4.90 Å². The maximum Gasteiger partial charge on any atom is 0.329 e. The Labute approximate surface area is 118 Å². The van der Waals surface area contributed by atoms with E-state index in [1.807, 2.05) is 25.9 Å². The van der Waals surface area contributed by atoms with Gasteiger partial charge in [-0.25, -0.2) is 9.59 Å². The van der Waals surface area contributed by atoms with E-state index in [-0.39, 0.29) is 0 Å². The lowest BCUT2D eigenvalue weighted by atomic mass is 10.4. The first kappa shape index (κ1) is 18.3. The third kappa shape index (κ3) is 9.29. The van der Waals surface area contributed by atoms with Crippen molar-refractivity contribution in [2.75, 3.05) is 46.9 Å². The van der Waals surface area contributed by atoms with Gasteiger partial charge in [0.05, 0.1) is 0 Å². The molecule has 3 amide bonds. The normalized spacial score (nSPS) is 10.4. The fraction of sp³-hybridized carbons (Fsp3) is 0.750. The van der Waals surface area contributed by atoms with Crippen LogP contribution in [0.1, 0.15) is 13.3 Å². The van der Waals surface area contributed by atoms with Gasteiger partial charge in [0.25, 0.3) is 5.91 Å². The van der Waals surface area contributed by atoms with Crippen molar-refractivity contribution in [2.24, 2.45) is 0 Å². The molecule has 0 radical (unpaired) electrons. The molecule has 2 N–H and O–H groups in total. The summed E-state index contributed by atoms with van der Waals surface area (Å²) in [6.45, 7) is 2.66. The van der Waals surface area contributed by atoms with Crippen molar-refractivity contribution in [3.8, 4) is 0 Å². The predicted octanol–water partition coefficient (Wildman–Crippen LogP) is -0.403. The highest BCUT2D eigenvalue weighted by Crippen LogP contribution is 1.94. The Bertz CT molecular complexity index is 333. The van der Waals surface area contributed by atoms with Crippen LogP contribution in [0.25, 0.3) is 0 Å². The van der Waals surface area contributed by atoms with Gasteiger partial charge in [-0.3, -0.25) is 10.1 Å². The van der Waals surface area contributed by atoms with E-state index in [1.54, 1.807) is 0 Å². The molecule has 8 nitrogen and oxygen atoms in total. The zero-order chi connectivity index (χ0) is 15.5. The van der Waals surface area contributed by atoms with Gasteiger partial charge >= 0.3 is 12.0 Å². The van der Waals surface area contributed by atoms with Crippen LogP contribution in [0.5, 0.6) is 0 Å². The zero-order valence-corrected chi connectivity index (χ0v) is 12.2. The molecule has 0 aliphatic heterocycles. The lowest BCUT2D eigenvalue weighted by Gasteiger charge is -2.23. The number of nitrogens with zero attached hydrogens (tertiary/aromatic N) is 2. The van der Waals surface area contributed by atoms with E-state index in [9.17, 15) is 14.4 Å². The van der Waals surface area contributed by atoms with Crippen LogP contribution in [0.2, 0.25) is 0 Å². The molecule has 0 atom stereocenters. The number of hydrogen-bond donors (Lipinski definition) is 2. The Balaban J connectivity index is 4.16. The number of hydrogen-bond acceptors (Lipinski definition) is 5. The van der Waals surface area contributed by atoms with E-state index in [0.29, 0.717) is 19.6 Å². The zero-order valence-electron chi connectivity index (χ0n) is 12.2. The fourth-order valence-electron chi connectivity index (χ4n) is 1.37. The number of amides is 3. The molecule has 116 valence electrons. The number of urea groups is 1. The quantitative estimate of drug-likeness (QED) is 0.599. The molecule has 0 aromatic carbocycles. The van der Waals surface area contributed by atoms with Gasteiger partial charge in [0, 0.05) is 19.6 Å². The number of rotatable bonds is 9. The third-order valence-electron chi connectivity index (χ3n) is 2.30.